The van der Waals surface area contributed by atoms with Crippen molar-refractivity contribution < 1.29 is 18.0 Å². The summed E-state index contributed by atoms with van der Waals surface area (Å²) in [5, 5.41) is 6.66. The summed E-state index contributed by atoms with van der Waals surface area (Å²) in [6, 6.07) is 10.9. The number of aromatic nitrogens is 3. The monoisotopic (exact) mass is 332 g/mol. The molecule has 1 N–H and O–H groups in total. The zero-order valence-corrected chi connectivity index (χ0v) is 12.2. The summed E-state index contributed by atoms with van der Waals surface area (Å²) in [7, 11) is 0. The summed E-state index contributed by atoms with van der Waals surface area (Å²) in [6.45, 7) is 0. The molecule has 2 aromatic carbocycles. The average molecular weight is 332 g/mol. The van der Waals surface area contributed by atoms with Gasteiger partial charge in [-0.1, -0.05) is 12.1 Å². The third-order valence-corrected chi connectivity index (χ3v) is 3.29. The maximum Gasteiger partial charge on any atom is 0.416 e. The first-order valence-corrected chi connectivity index (χ1v) is 6.88. The largest absolute Gasteiger partial charge is 0.416 e. The highest BCUT2D eigenvalue weighted by Crippen LogP contribution is 2.29. The van der Waals surface area contributed by atoms with E-state index in [-0.39, 0.29) is 5.56 Å². The highest BCUT2D eigenvalue weighted by molar-refractivity contribution is 6.05. The third kappa shape index (κ3) is 3.27. The quantitative estimate of drug-likeness (QED) is 0.798. The number of halogens is 3. The molecule has 1 aromatic heterocycles. The maximum absolute atomic E-state index is 12.6. The van der Waals surface area contributed by atoms with Gasteiger partial charge in [0.25, 0.3) is 5.91 Å². The fourth-order valence-corrected chi connectivity index (χ4v) is 2.12. The van der Waals surface area contributed by atoms with E-state index in [1.165, 1.54) is 17.3 Å². The Morgan fingerprint density at radius 1 is 1.04 bits per heavy atom. The van der Waals surface area contributed by atoms with Crippen molar-refractivity contribution >= 4 is 11.6 Å². The van der Waals surface area contributed by atoms with Crippen molar-refractivity contribution in [3.05, 3.63) is 72.3 Å². The molecular formula is C16H11F3N4O. The molecule has 0 bridgehead atoms. The minimum atomic E-state index is -4.44. The predicted molar refractivity (Wildman–Crippen MR) is 80.8 cm³/mol. The molecule has 122 valence electrons. The van der Waals surface area contributed by atoms with Gasteiger partial charge >= 0.3 is 6.18 Å². The van der Waals surface area contributed by atoms with Crippen molar-refractivity contribution in [2.45, 2.75) is 6.18 Å². The minimum Gasteiger partial charge on any atom is -0.320 e. The van der Waals surface area contributed by atoms with E-state index in [4.69, 9.17) is 0 Å². The van der Waals surface area contributed by atoms with Crippen LogP contribution < -0.4 is 5.32 Å². The summed E-state index contributed by atoms with van der Waals surface area (Å²) in [5.41, 5.74) is 0.376. The summed E-state index contributed by atoms with van der Waals surface area (Å²) in [6.07, 6.45) is -1.60. The standard InChI is InChI=1S/C16H11F3N4O/c17-16(18,19)12-7-5-11(6-8-12)15(24)22-13-3-1-2-4-14(13)23-10-20-9-21-23/h1-10H,(H,22,24). The van der Waals surface area contributed by atoms with E-state index >= 15 is 0 Å². The molecule has 1 amide bonds. The molecule has 0 unspecified atom stereocenters. The maximum atomic E-state index is 12.6. The van der Waals surface area contributed by atoms with Gasteiger partial charge in [0.1, 0.15) is 12.7 Å². The van der Waals surface area contributed by atoms with Crippen molar-refractivity contribution in [1.29, 1.82) is 0 Å². The molecule has 0 radical (unpaired) electrons. The number of hydrogen-bond donors (Lipinski definition) is 1. The number of amides is 1. The summed E-state index contributed by atoms with van der Waals surface area (Å²) < 4.78 is 39.2. The van der Waals surface area contributed by atoms with Crippen LogP contribution in [-0.2, 0) is 6.18 Å². The van der Waals surface area contributed by atoms with Crippen LogP contribution in [0.1, 0.15) is 15.9 Å². The summed E-state index contributed by atoms with van der Waals surface area (Å²) in [4.78, 5) is 16.1. The number of hydrogen-bond acceptors (Lipinski definition) is 3. The van der Waals surface area contributed by atoms with Crippen molar-refractivity contribution in [2.24, 2.45) is 0 Å². The van der Waals surface area contributed by atoms with Gasteiger partial charge in [0, 0.05) is 5.56 Å². The molecule has 3 aromatic rings. The molecule has 0 saturated heterocycles. The number of rotatable bonds is 3. The molecule has 0 atom stereocenters. The number of benzene rings is 2. The lowest BCUT2D eigenvalue weighted by atomic mass is 10.1. The van der Waals surface area contributed by atoms with Crippen LogP contribution in [0, 0.1) is 0 Å². The van der Waals surface area contributed by atoms with Crippen LogP contribution in [0.4, 0.5) is 18.9 Å². The van der Waals surface area contributed by atoms with Crippen LogP contribution in [-0.4, -0.2) is 20.7 Å². The second-order valence-corrected chi connectivity index (χ2v) is 4.89. The van der Waals surface area contributed by atoms with E-state index in [1.807, 2.05) is 0 Å². The van der Waals surface area contributed by atoms with Crippen LogP contribution in [0.25, 0.3) is 5.69 Å². The van der Waals surface area contributed by atoms with E-state index < -0.39 is 17.6 Å². The highest BCUT2D eigenvalue weighted by Gasteiger charge is 2.30. The minimum absolute atomic E-state index is 0.122. The Labute approximate surface area is 134 Å². The van der Waals surface area contributed by atoms with Crippen LogP contribution in [0.15, 0.2) is 61.2 Å². The van der Waals surface area contributed by atoms with Crippen LogP contribution in [0.2, 0.25) is 0 Å². The second-order valence-electron chi connectivity index (χ2n) is 4.89. The van der Waals surface area contributed by atoms with Gasteiger partial charge in [0.05, 0.1) is 16.9 Å². The predicted octanol–water partition coefficient (Wildman–Crippen LogP) is 3.54. The van der Waals surface area contributed by atoms with Crippen LogP contribution >= 0.6 is 0 Å². The SMILES string of the molecule is O=C(Nc1ccccc1-n1cncn1)c1ccc(C(F)(F)F)cc1. The Morgan fingerprint density at radius 2 is 1.75 bits per heavy atom. The van der Waals surface area contributed by atoms with E-state index in [2.05, 4.69) is 15.4 Å². The molecule has 0 spiro atoms. The topological polar surface area (TPSA) is 59.8 Å². The van der Waals surface area contributed by atoms with Gasteiger partial charge in [-0.25, -0.2) is 9.67 Å². The first kappa shape index (κ1) is 15.7. The Morgan fingerprint density at radius 3 is 2.38 bits per heavy atom. The second kappa shape index (κ2) is 6.15. The number of anilines is 1. The van der Waals surface area contributed by atoms with Gasteiger partial charge in [-0.05, 0) is 36.4 Å². The van der Waals surface area contributed by atoms with Gasteiger partial charge in [0.2, 0.25) is 0 Å². The van der Waals surface area contributed by atoms with E-state index in [0.29, 0.717) is 11.4 Å². The van der Waals surface area contributed by atoms with Crippen LogP contribution in [0.5, 0.6) is 0 Å². The average Bonchev–Trinajstić information content (AvgIpc) is 3.09. The molecule has 8 heteroatoms. The fourth-order valence-electron chi connectivity index (χ4n) is 2.12. The third-order valence-electron chi connectivity index (χ3n) is 3.29. The first-order chi connectivity index (χ1) is 11.4. The number of carbonyl (C=O) groups is 1. The molecule has 24 heavy (non-hydrogen) atoms. The molecular weight excluding hydrogens is 321 g/mol. The molecule has 3 rings (SSSR count). The van der Waals surface area contributed by atoms with Crippen molar-refractivity contribution in [3.8, 4) is 5.69 Å². The van der Waals surface area contributed by atoms with E-state index in [0.717, 1.165) is 24.3 Å². The number of para-hydroxylation sites is 2. The molecule has 5 nitrogen and oxygen atoms in total. The number of nitrogens with zero attached hydrogens (tertiary/aromatic N) is 3. The molecule has 0 fully saturated rings. The van der Waals surface area contributed by atoms with Crippen LogP contribution in [0.3, 0.4) is 0 Å². The molecule has 0 aliphatic carbocycles. The zero-order valence-electron chi connectivity index (χ0n) is 12.2. The van der Waals surface area contributed by atoms with Crippen molar-refractivity contribution in [3.63, 3.8) is 0 Å². The Bertz CT molecular complexity index is 843. The summed E-state index contributed by atoms with van der Waals surface area (Å²) in [5.74, 6) is -0.517. The van der Waals surface area contributed by atoms with Gasteiger partial charge < -0.3 is 5.32 Å². The zero-order chi connectivity index (χ0) is 17.2. The number of carbonyl (C=O) groups excluding carboxylic acids is 1. The molecule has 0 saturated carbocycles. The Hall–Kier alpha value is -3.16. The van der Waals surface area contributed by atoms with Gasteiger partial charge in [-0.3, -0.25) is 4.79 Å². The number of alkyl halides is 3. The van der Waals surface area contributed by atoms with Gasteiger partial charge in [0.15, 0.2) is 0 Å². The Balaban J connectivity index is 1.83. The Kier molecular flexibility index (Phi) is 4.03. The first-order valence-electron chi connectivity index (χ1n) is 6.88. The lowest BCUT2D eigenvalue weighted by Crippen LogP contribution is -2.14. The van der Waals surface area contributed by atoms with Gasteiger partial charge in [-0.15, -0.1) is 0 Å². The summed E-state index contributed by atoms with van der Waals surface area (Å²) >= 11 is 0. The fraction of sp³-hybridized carbons (Fsp3) is 0.0625. The highest BCUT2D eigenvalue weighted by atomic mass is 19.4. The van der Waals surface area contributed by atoms with E-state index in [9.17, 15) is 18.0 Å². The van der Waals surface area contributed by atoms with Crippen molar-refractivity contribution in [2.75, 3.05) is 5.32 Å². The van der Waals surface area contributed by atoms with E-state index in [1.54, 1.807) is 24.3 Å². The lowest BCUT2D eigenvalue weighted by Gasteiger charge is -2.11. The van der Waals surface area contributed by atoms with Crippen molar-refractivity contribution in [1.82, 2.24) is 14.8 Å². The molecule has 0 aliphatic rings. The molecule has 0 aliphatic heterocycles. The van der Waals surface area contributed by atoms with Gasteiger partial charge in [-0.2, -0.15) is 18.3 Å². The lowest BCUT2D eigenvalue weighted by molar-refractivity contribution is -0.137. The normalized spacial score (nSPS) is 11.3. The molecule has 1 heterocycles. The smallest absolute Gasteiger partial charge is 0.320 e. The number of nitrogens with one attached hydrogen (secondary N) is 1.